The van der Waals surface area contributed by atoms with Gasteiger partial charge in [-0.2, -0.15) is 0 Å². The van der Waals surface area contributed by atoms with Crippen LogP contribution in [0.2, 0.25) is 0 Å². The Balaban J connectivity index is 0. The fourth-order valence-electron chi connectivity index (χ4n) is 2.01. The zero-order valence-corrected chi connectivity index (χ0v) is 15.3. The summed E-state index contributed by atoms with van der Waals surface area (Å²) in [7, 11) is 0. The van der Waals surface area contributed by atoms with Crippen molar-refractivity contribution in [3.05, 3.63) is 0 Å². The van der Waals surface area contributed by atoms with Gasteiger partial charge in [0, 0.05) is 0 Å². The summed E-state index contributed by atoms with van der Waals surface area (Å²) >= 11 is 0. The number of rotatable bonds is 15. The molecule has 0 heterocycles. The van der Waals surface area contributed by atoms with Gasteiger partial charge in [0.1, 0.15) is 12.2 Å². The lowest BCUT2D eigenvalue weighted by atomic mass is 10.1. The van der Waals surface area contributed by atoms with Crippen LogP contribution in [-0.2, 0) is 4.74 Å². The van der Waals surface area contributed by atoms with Crippen molar-refractivity contribution in [2.45, 2.75) is 90.3 Å². The molecular weight excluding hydrogens is 296 g/mol. The second kappa shape index (κ2) is 21.8. The molecular formula is C18H40O5. The average molecular weight is 337 g/mol. The summed E-state index contributed by atoms with van der Waals surface area (Å²) in [5.41, 5.74) is 0. The first-order chi connectivity index (χ1) is 11.1. The van der Waals surface area contributed by atoms with E-state index < -0.39 is 12.2 Å². The first-order valence-corrected chi connectivity index (χ1v) is 9.27. The minimum atomic E-state index is -0.916. The lowest BCUT2D eigenvalue weighted by molar-refractivity contribution is -0.0364. The molecule has 0 aliphatic rings. The Morgan fingerprint density at radius 2 is 0.913 bits per heavy atom. The molecule has 0 aromatic rings. The van der Waals surface area contributed by atoms with E-state index in [4.69, 9.17) is 25.2 Å². The second-order valence-corrected chi connectivity index (χ2v) is 6.04. The van der Waals surface area contributed by atoms with Crippen LogP contribution in [0.4, 0.5) is 0 Å². The molecule has 2 atom stereocenters. The Morgan fingerprint density at radius 1 is 0.609 bits per heavy atom. The maximum Gasteiger partial charge on any atom is 0.100 e. The Hall–Kier alpha value is -0.200. The summed E-state index contributed by atoms with van der Waals surface area (Å²) in [5, 5.41) is 34.1. The predicted molar refractivity (Wildman–Crippen MR) is 94.5 cm³/mol. The molecule has 0 bridgehead atoms. The molecule has 0 fully saturated rings. The molecule has 5 nitrogen and oxygen atoms in total. The summed E-state index contributed by atoms with van der Waals surface area (Å²) in [6.07, 6.45) is 12.6. The Bertz CT molecular complexity index is 182. The van der Waals surface area contributed by atoms with Gasteiger partial charge in [-0.15, -0.1) is 0 Å². The maximum absolute atomic E-state index is 8.72. The smallest absolute Gasteiger partial charge is 0.100 e. The fraction of sp³-hybridized carbons (Fsp3) is 1.00. The molecule has 0 radical (unpaired) electrons. The Labute approximate surface area is 142 Å². The highest BCUT2D eigenvalue weighted by atomic mass is 16.5. The number of aliphatic hydroxyl groups excluding tert-OH is 4. The van der Waals surface area contributed by atoms with Crippen LogP contribution >= 0.6 is 0 Å². The predicted octanol–water partition coefficient (Wildman–Crippen LogP) is 2.64. The summed E-state index contributed by atoms with van der Waals surface area (Å²) in [5.74, 6) is 0. The first-order valence-electron chi connectivity index (χ1n) is 9.27. The first kappa shape index (κ1) is 25.0. The summed E-state index contributed by atoms with van der Waals surface area (Å²) in [6.45, 7) is 3.76. The minimum absolute atomic E-state index is 0.0342. The molecule has 0 aromatic carbocycles. The number of aliphatic hydroxyl groups is 4. The van der Waals surface area contributed by atoms with Crippen LogP contribution in [0.1, 0.15) is 78.1 Å². The highest BCUT2D eigenvalue weighted by molar-refractivity contribution is 4.52. The van der Waals surface area contributed by atoms with Crippen LogP contribution in [-0.4, -0.2) is 59.1 Å². The summed E-state index contributed by atoms with van der Waals surface area (Å²) in [6, 6.07) is 0. The van der Waals surface area contributed by atoms with E-state index in [0.717, 1.165) is 0 Å². The fourth-order valence-corrected chi connectivity index (χ4v) is 2.01. The van der Waals surface area contributed by atoms with Gasteiger partial charge < -0.3 is 25.2 Å². The van der Waals surface area contributed by atoms with Gasteiger partial charge in [0.25, 0.3) is 0 Å². The molecule has 23 heavy (non-hydrogen) atoms. The quantitative estimate of drug-likeness (QED) is 0.345. The lowest BCUT2D eigenvalue weighted by Crippen LogP contribution is -2.25. The molecule has 0 rings (SSSR count). The normalized spacial score (nSPS) is 13.3. The number of hydrogen-bond acceptors (Lipinski definition) is 5. The summed E-state index contributed by atoms with van der Waals surface area (Å²) < 4.78 is 4.72. The van der Waals surface area contributed by atoms with Crippen molar-refractivity contribution in [3.8, 4) is 0 Å². The van der Waals surface area contributed by atoms with E-state index in [1.54, 1.807) is 0 Å². The third kappa shape index (κ3) is 24.2. The van der Waals surface area contributed by atoms with E-state index in [-0.39, 0.29) is 26.4 Å². The van der Waals surface area contributed by atoms with Crippen molar-refractivity contribution < 1.29 is 25.2 Å². The van der Waals surface area contributed by atoms with Crippen LogP contribution in [0.15, 0.2) is 0 Å². The number of ether oxygens (including phenoxy) is 1. The molecule has 2 unspecified atom stereocenters. The van der Waals surface area contributed by atoms with Crippen LogP contribution in [0, 0.1) is 0 Å². The lowest BCUT2D eigenvalue weighted by Gasteiger charge is -2.10. The van der Waals surface area contributed by atoms with Gasteiger partial charge in [-0.05, 0) is 0 Å². The molecule has 0 saturated carbocycles. The zero-order chi connectivity index (χ0) is 17.8. The maximum atomic E-state index is 8.72. The van der Waals surface area contributed by atoms with Crippen molar-refractivity contribution >= 4 is 0 Å². The molecule has 0 aliphatic carbocycles. The monoisotopic (exact) mass is 336 g/mol. The molecule has 0 amide bonds. The van der Waals surface area contributed by atoms with Crippen LogP contribution in [0.25, 0.3) is 0 Å². The van der Waals surface area contributed by atoms with E-state index >= 15 is 0 Å². The van der Waals surface area contributed by atoms with Gasteiger partial charge >= 0.3 is 0 Å². The van der Waals surface area contributed by atoms with E-state index in [1.165, 1.54) is 64.2 Å². The van der Waals surface area contributed by atoms with Gasteiger partial charge in [-0.3, -0.25) is 0 Å². The number of unbranched alkanes of at least 4 members (excludes halogenated alkanes) is 9. The van der Waals surface area contributed by atoms with Gasteiger partial charge in [0.2, 0.25) is 0 Å². The molecule has 0 spiro atoms. The third-order valence-electron chi connectivity index (χ3n) is 3.50. The van der Waals surface area contributed by atoms with Crippen molar-refractivity contribution in [2.75, 3.05) is 26.4 Å². The average Bonchev–Trinajstić information content (AvgIpc) is 2.57. The highest BCUT2D eigenvalue weighted by Crippen LogP contribution is 2.09. The van der Waals surface area contributed by atoms with Gasteiger partial charge in [0.15, 0.2) is 0 Å². The standard InChI is InChI=1S/C12H26.C6H14O5/c1-3-5-7-9-11-12-10-8-6-4-2;7-1-5(9)3-11-4-6(10)2-8/h3-12H2,1-2H3;5-10H,1-4H2. The van der Waals surface area contributed by atoms with E-state index in [2.05, 4.69) is 13.8 Å². The molecule has 5 heteroatoms. The number of hydrogen-bond donors (Lipinski definition) is 4. The molecule has 4 N–H and O–H groups in total. The molecule has 0 aliphatic heterocycles. The molecule has 0 aromatic heterocycles. The van der Waals surface area contributed by atoms with Crippen LogP contribution < -0.4 is 0 Å². The third-order valence-corrected chi connectivity index (χ3v) is 3.50. The van der Waals surface area contributed by atoms with Gasteiger partial charge in [-0.1, -0.05) is 78.1 Å². The summed E-state index contributed by atoms with van der Waals surface area (Å²) in [4.78, 5) is 0. The minimum Gasteiger partial charge on any atom is -0.394 e. The molecule has 0 saturated heterocycles. The van der Waals surface area contributed by atoms with Crippen molar-refractivity contribution in [2.24, 2.45) is 0 Å². The second-order valence-electron chi connectivity index (χ2n) is 6.04. The van der Waals surface area contributed by atoms with Crippen LogP contribution in [0.5, 0.6) is 0 Å². The zero-order valence-electron chi connectivity index (χ0n) is 15.3. The van der Waals surface area contributed by atoms with Crippen molar-refractivity contribution in [1.29, 1.82) is 0 Å². The van der Waals surface area contributed by atoms with E-state index in [9.17, 15) is 0 Å². The van der Waals surface area contributed by atoms with Crippen LogP contribution in [0.3, 0.4) is 0 Å². The molecule has 142 valence electrons. The Morgan fingerprint density at radius 3 is 1.17 bits per heavy atom. The van der Waals surface area contributed by atoms with E-state index in [0.29, 0.717) is 0 Å². The van der Waals surface area contributed by atoms with E-state index in [1.807, 2.05) is 0 Å². The topological polar surface area (TPSA) is 90.2 Å². The van der Waals surface area contributed by atoms with Gasteiger partial charge in [-0.25, -0.2) is 0 Å². The van der Waals surface area contributed by atoms with Crippen molar-refractivity contribution in [1.82, 2.24) is 0 Å². The van der Waals surface area contributed by atoms with Gasteiger partial charge in [0.05, 0.1) is 26.4 Å². The Kier molecular flexibility index (Phi) is 23.7. The van der Waals surface area contributed by atoms with Crippen molar-refractivity contribution in [3.63, 3.8) is 0 Å². The largest absolute Gasteiger partial charge is 0.394 e. The SMILES string of the molecule is CCCCCCCCCCCC.OCC(O)COCC(O)CO. The highest BCUT2D eigenvalue weighted by Gasteiger charge is 2.04.